The SMILES string of the molecule is CC.CCc1cccc(N2CCCCC2)c1. The third kappa shape index (κ3) is 3.55. The molecule has 1 aromatic rings. The van der Waals surface area contributed by atoms with Crippen LogP contribution in [0, 0.1) is 0 Å². The van der Waals surface area contributed by atoms with E-state index in [0.717, 1.165) is 6.42 Å². The molecule has 0 atom stereocenters. The van der Waals surface area contributed by atoms with Crippen molar-refractivity contribution in [2.75, 3.05) is 18.0 Å². The molecule has 1 aliphatic heterocycles. The number of hydrogen-bond acceptors (Lipinski definition) is 1. The van der Waals surface area contributed by atoms with Crippen LogP contribution in [0.3, 0.4) is 0 Å². The molecule has 0 radical (unpaired) electrons. The largest absolute Gasteiger partial charge is 0.372 e. The summed E-state index contributed by atoms with van der Waals surface area (Å²) >= 11 is 0. The van der Waals surface area contributed by atoms with Gasteiger partial charge in [-0.25, -0.2) is 0 Å². The minimum absolute atomic E-state index is 1.14. The van der Waals surface area contributed by atoms with Gasteiger partial charge < -0.3 is 4.90 Å². The lowest BCUT2D eigenvalue weighted by molar-refractivity contribution is 0.577. The van der Waals surface area contributed by atoms with Crippen molar-refractivity contribution in [3.8, 4) is 0 Å². The highest BCUT2D eigenvalue weighted by atomic mass is 15.1. The summed E-state index contributed by atoms with van der Waals surface area (Å²) in [7, 11) is 0. The molecule has 0 spiro atoms. The second-order valence-corrected chi connectivity index (χ2v) is 4.07. The lowest BCUT2D eigenvalue weighted by Gasteiger charge is -2.29. The number of piperidine rings is 1. The Hall–Kier alpha value is -0.980. The quantitative estimate of drug-likeness (QED) is 0.718. The lowest BCUT2D eigenvalue weighted by Crippen LogP contribution is -2.29. The molecule has 0 unspecified atom stereocenters. The van der Waals surface area contributed by atoms with Crippen molar-refractivity contribution in [3.05, 3.63) is 29.8 Å². The van der Waals surface area contributed by atoms with Crippen LogP contribution in [-0.2, 0) is 6.42 Å². The Morgan fingerprint density at radius 2 is 1.75 bits per heavy atom. The van der Waals surface area contributed by atoms with E-state index >= 15 is 0 Å². The third-order valence-corrected chi connectivity index (χ3v) is 3.04. The predicted molar refractivity (Wildman–Crippen MR) is 73.2 cm³/mol. The molecule has 1 heteroatoms. The van der Waals surface area contributed by atoms with Crippen LogP contribution >= 0.6 is 0 Å². The van der Waals surface area contributed by atoms with Gasteiger partial charge in [0.1, 0.15) is 0 Å². The van der Waals surface area contributed by atoms with Crippen LogP contribution in [0.4, 0.5) is 5.69 Å². The number of rotatable bonds is 2. The molecule has 1 heterocycles. The van der Waals surface area contributed by atoms with Crippen LogP contribution < -0.4 is 4.90 Å². The van der Waals surface area contributed by atoms with E-state index in [4.69, 9.17) is 0 Å². The smallest absolute Gasteiger partial charge is 0.0368 e. The van der Waals surface area contributed by atoms with Crippen LogP contribution in [-0.4, -0.2) is 13.1 Å². The summed E-state index contributed by atoms with van der Waals surface area (Å²) in [5, 5.41) is 0. The first-order chi connectivity index (χ1) is 7.90. The van der Waals surface area contributed by atoms with Gasteiger partial charge in [-0.2, -0.15) is 0 Å². The molecule has 0 saturated carbocycles. The van der Waals surface area contributed by atoms with Crippen molar-refractivity contribution in [1.82, 2.24) is 0 Å². The van der Waals surface area contributed by atoms with E-state index in [9.17, 15) is 0 Å². The van der Waals surface area contributed by atoms with Crippen molar-refractivity contribution in [3.63, 3.8) is 0 Å². The molecule has 1 fully saturated rings. The van der Waals surface area contributed by atoms with E-state index in [1.165, 1.54) is 43.6 Å². The molecular weight excluding hydrogens is 194 g/mol. The summed E-state index contributed by atoms with van der Waals surface area (Å²) < 4.78 is 0. The second-order valence-electron chi connectivity index (χ2n) is 4.07. The molecule has 0 aliphatic carbocycles. The number of benzene rings is 1. The fraction of sp³-hybridized carbons (Fsp3) is 0.600. The minimum Gasteiger partial charge on any atom is -0.372 e. The molecule has 1 aromatic carbocycles. The van der Waals surface area contributed by atoms with Gasteiger partial charge in [-0.3, -0.25) is 0 Å². The maximum Gasteiger partial charge on any atom is 0.0368 e. The summed E-state index contributed by atoms with van der Waals surface area (Å²) in [6, 6.07) is 8.98. The summed E-state index contributed by atoms with van der Waals surface area (Å²) in [4.78, 5) is 2.52. The molecule has 0 aromatic heterocycles. The van der Waals surface area contributed by atoms with E-state index in [1.807, 2.05) is 13.8 Å². The van der Waals surface area contributed by atoms with Crippen molar-refractivity contribution >= 4 is 5.69 Å². The van der Waals surface area contributed by atoms with Crippen LogP contribution in [0.1, 0.15) is 45.6 Å². The zero-order valence-corrected chi connectivity index (χ0v) is 11.0. The zero-order valence-electron chi connectivity index (χ0n) is 11.0. The van der Waals surface area contributed by atoms with Gasteiger partial charge in [0.25, 0.3) is 0 Å². The third-order valence-electron chi connectivity index (χ3n) is 3.04. The first kappa shape index (κ1) is 13.1. The summed E-state index contributed by atoms with van der Waals surface area (Å²) in [6.07, 6.45) is 5.26. The molecule has 2 rings (SSSR count). The average Bonchev–Trinajstić information content (AvgIpc) is 2.42. The maximum absolute atomic E-state index is 2.52. The number of hydrogen-bond donors (Lipinski definition) is 0. The fourth-order valence-electron chi connectivity index (χ4n) is 2.13. The van der Waals surface area contributed by atoms with E-state index in [1.54, 1.807) is 0 Å². The normalized spacial score (nSPS) is 15.3. The van der Waals surface area contributed by atoms with Crippen LogP contribution in [0.25, 0.3) is 0 Å². The Morgan fingerprint density at radius 1 is 1.06 bits per heavy atom. The average molecular weight is 219 g/mol. The molecule has 90 valence electrons. The highest BCUT2D eigenvalue weighted by molar-refractivity contribution is 5.48. The highest BCUT2D eigenvalue weighted by Gasteiger charge is 2.10. The molecule has 1 saturated heterocycles. The topological polar surface area (TPSA) is 3.24 Å². The standard InChI is InChI=1S/C13H19N.C2H6/c1-2-12-7-6-8-13(11-12)14-9-4-3-5-10-14;1-2/h6-8,11H,2-5,9-10H2,1H3;1-2H3. The van der Waals surface area contributed by atoms with Crippen molar-refractivity contribution in [1.29, 1.82) is 0 Å². The van der Waals surface area contributed by atoms with Gasteiger partial charge in [0.05, 0.1) is 0 Å². The Bertz CT molecular complexity index is 287. The molecule has 1 aliphatic rings. The summed E-state index contributed by atoms with van der Waals surface area (Å²) in [6.45, 7) is 8.70. The van der Waals surface area contributed by atoms with Gasteiger partial charge in [-0.15, -0.1) is 0 Å². The number of anilines is 1. The minimum atomic E-state index is 1.14. The van der Waals surface area contributed by atoms with Crippen LogP contribution in [0.2, 0.25) is 0 Å². The van der Waals surface area contributed by atoms with Gasteiger partial charge in [0, 0.05) is 18.8 Å². The molecule has 16 heavy (non-hydrogen) atoms. The highest BCUT2D eigenvalue weighted by Crippen LogP contribution is 2.20. The Balaban J connectivity index is 0.000000606. The summed E-state index contributed by atoms with van der Waals surface area (Å²) in [5.74, 6) is 0. The van der Waals surface area contributed by atoms with Crippen LogP contribution in [0.15, 0.2) is 24.3 Å². The van der Waals surface area contributed by atoms with E-state index in [2.05, 4.69) is 36.1 Å². The van der Waals surface area contributed by atoms with Gasteiger partial charge in [-0.05, 0) is 43.4 Å². The Labute approximate surface area is 100 Å². The predicted octanol–water partition coefficient (Wildman–Crippen LogP) is 4.27. The first-order valence-electron chi connectivity index (χ1n) is 6.74. The van der Waals surface area contributed by atoms with Crippen molar-refractivity contribution in [2.45, 2.75) is 46.5 Å². The lowest BCUT2D eigenvalue weighted by atomic mass is 10.1. The fourth-order valence-corrected chi connectivity index (χ4v) is 2.13. The van der Waals surface area contributed by atoms with E-state index < -0.39 is 0 Å². The molecule has 0 bridgehead atoms. The number of aryl methyl sites for hydroxylation is 1. The van der Waals surface area contributed by atoms with Gasteiger partial charge >= 0.3 is 0 Å². The zero-order chi connectivity index (χ0) is 11.8. The molecule has 0 N–H and O–H groups in total. The van der Waals surface area contributed by atoms with Crippen molar-refractivity contribution < 1.29 is 0 Å². The van der Waals surface area contributed by atoms with E-state index in [-0.39, 0.29) is 0 Å². The van der Waals surface area contributed by atoms with Gasteiger partial charge in [0.15, 0.2) is 0 Å². The van der Waals surface area contributed by atoms with Crippen molar-refractivity contribution in [2.24, 2.45) is 0 Å². The summed E-state index contributed by atoms with van der Waals surface area (Å²) in [5.41, 5.74) is 2.87. The molecular formula is C15H25N. The van der Waals surface area contributed by atoms with E-state index in [0.29, 0.717) is 0 Å². The molecule has 1 nitrogen and oxygen atoms in total. The Kier molecular flexibility index (Phi) is 5.99. The second kappa shape index (κ2) is 7.32. The first-order valence-corrected chi connectivity index (χ1v) is 6.74. The number of nitrogens with zero attached hydrogens (tertiary/aromatic N) is 1. The van der Waals surface area contributed by atoms with Gasteiger partial charge in [0.2, 0.25) is 0 Å². The maximum atomic E-state index is 2.52. The molecule has 0 amide bonds. The van der Waals surface area contributed by atoms with Gasteiger partial charge in [-0.1, -0.05) is 32.9 Å². The monoisotopic (exact) mass is 219 g/mol. The van der Waals surface area contributed by atoms with Crippen LogP contribution in [0.5, 0.6) is 0 Å². The Morgan fingerprint density at radius 3 is 2.38 bits per heavy atom.